The molecule has 0 amide bonds. The van der Waals surface area contributed by atoms with Crippen LogP contribution in [-0.4, -0.2) is 45.8 Å². The summed E-state index contributed by atoms with van der Waals surface area (Å²) in [6.07, 6.45) is -3.75. The van der Waals surface area contributed by atoms with Crippen LogP contribution in [0.25, 0.3) is 0 Å². The van der Waals surface area contributed by atoms with Gasteiger partial charge < -0.3 is 0 Å². The zero-order valence-corrected chi connectivity index (χ0v) is 16.6. The van der Waals surface area contributed by atoms with Crippen molar-refractivity contribution in [2.24, 2.45) is 7.05 Å². The van der Waals surface area contributed by atoms with E-state index in [1.807, 2.05) is 14.0 Å². The third kappa shape index (κ3) is 4.85. The van der Waals surface area contributed by atoms with E-state index in [1.54, 1.807) is 4.68 Å². The molecule has 0 spiro atoms. The van der Waals surface area contributed by atoms with Gasteiger partial charge in [0, 0.05) is 38.8 Å². The Labute approximate surface area is 166 Å². The van der Waals surface area contributed by atoms with Gasteiger partial charge in [0.1, 0.15) is 11.0 Å². The summed E-state index contributed by atoms with van der Waals surface area (Å²) in [4.78, 5) is 4.43. The van der Waals surface area contributed by atoms with Crippen LogP contribution in [0.3, 0.4) is 0 Å². The van der Waals surface area contributed by atoms with Crippen molar-refractivity contribution in [2.45, 2.75) is 32.6 Å². The summed E-state index contributed by atoms with van der Waals surface area (Å²) in [7, 11) is 1.81. The number of aryl methyl sites for hydroxylation is 2. The molecule has 1 aliphatic rings. The Bertz CT molecular complexity index is 834. The fourth-order valence-electron chi connectivity index (χ4n) is 3.56. The second kappa shape index (κ2) is 8.39. The van der Waals surface area contributed by atoms with Crippen LogP contribution in [0.4, 0.5) is 17.6 Å². The highest BCUT2D eigenvalue weighted by atomic mass is 35.5. The number of benzene rings is 1. The lowest BCUT2D eigenvalue weighted by atomic mass is 10.1. The van der Waals surface area contributed by atoms with Crippen LogP contribution in [-0.2, 0) is 26.3 Å². The van der Waals surface area contributed by atoms with E-state index in [0.717, 1.165) is 56.0 Å². The molecule has 0 aliphatic carbocycles. The van der Waals surface area contributed by atoms with E-state index in [9.17, 15) is 17.6 Å². The molecule has 154 valence electrons. The van der Waals surface area contributed by atoms with Crippen molar-refractivity contribution < 1.29 is 17.6 Å². The van der Waals surface area contributed by atoms with Gasteiger partial charge >= 0.3 is 6.18 Å². The van der Waals surface area contributed by atoms with Gasteiger partial charge in [-0.1, -0.05) is 17.7 Å². The average Bonchev–Trinajstić information content (AvgIpc) is 2.76. The van der Waals surface area contributed by atoms with Gasteiger partial charge in [-0.05, 0) is 44.1 Å². The SMILES string of the molecule is Cc1nn(C)c(Cl)c1CN1CCCN(Cc2ccc(C(F)(F)F)c(F)c2)CC1. The van der Waals surface area contributed by atoms with E-state index < -0.39 is 17.6 Å². The second-order valence-corrected chi connectivity index (χ2v) is 7.55. The van der Waals surface area contributed by atoms with Crippen molar-refractivity contribution in [3.05, 3.63) is 51.6 Å². The zero-order chi connectivity index (χ0) is 20.5. The van der Waals surface area contributed by atoms with Gasteiger partial charge in [0.05, 0.1) is 11.3 Å². The highest BCUT2D eigenvalue weighted by Gasteiger charge is 2.34. The molecule has 1 fully saturated rings. The molecule has 0 N–H and O–H groups in total. The van der Waals surface area contributed by atoms with E-state index in [1.165, 1.54) is 6.07 Å². The Morgan fingerprint density at radius 1 is 1.07 bits per heavy atom. The van der Waals surface area contributed by atoms with E-state index in [2.05, 4.69) is 14.9 Å². The standard InChI is InChI=1S/C19H23ClF4N4/c1-13-15(18(20)26(2)25-13)12-28-7-3-6-27(8-9-28)11-14-4-5-16(17(21)10-14)19(22,23)24/h4-5,10H,3,6-9,11-12H2,1-2H3. The molecule has 2 heterocycles. The van der Waals surface area contributed by atoms with Gasteiger partial charge in [-0.3, -0.25) is 14.5 Å². The number of halogens is 5. The minimum atomic E-state index is -4.67. The molecular weight excluding hydrogens is 396 g/mol. The van der Waals surface area contributed by atoms with Crippen LogP contribution in [0, 0.1) is 12.7 Å². The lowest BCUT2D eigenvalue weighted by molar-refractivity contribution is -0.140. The Morgan fingerprint density at radius 2 is 1.71 bits per heavy atom. The van der Waals surface area contributed by atoms with Crippen molar-refractivity contribution in [2.75, 3.05) is 26.2 Å². The predicted octanol–water partition coefficient (Wildman–Crippen LogP) is 4.25. The maximum Gasteiger partial charge on any atom is 0.419 e. The first-order valence-electron chi connectivity index (χ1n) is 9.13. The number of aromatic nitrogens is 2. The molecule has 0 radical (unpaired) electrons. The highest BCUT2D eigenvalue weighted by molar-refractivity contribution is 6.30. The Morgan fingerprint density at radius 3 is 2.25 bits per heavy atom. The maximum atomic E-state index is 13.8. The van der Waals surface area contributed by atoms with Crippen molar-refractivity contribution in [3.8, 4) is 0 Å². The Kier molecular flexibility index (Phi) is 6.31. The minimum absolute atomic E-state index is 0.426. The minimum Gasteiger partial charge on any atom is -0.298 e. The molecule has 0 unspecified atom stereocenters. The third-order valence-corrected chi connectivity index (χ3v) is 5.55. The van der Waals surface area contributed by atoms with Gasteiger partial charge in [0.15, 0.2) is 0 Å². The van der Waals surface area contributed by atoms with E-state index in [4.69, 9.17) is 11.6 Å². The van der Waals surface area contributed by atoms with Gasteiger partial charge in [0.25, 0.3) is 0 Å². The predicted molar refractivity (Wildman–Crippen MR) is 99.5 cm³/mol. The lowest BCUT2D eigenvalue weighted by Crippen LogP contribution is -2.30. The molecule has 0 bridgehead atoms. The summed E-state index contributed by atoms with van der Waals surface area (Å²) >= 11 is 6.32. The fourth-order valence-corrected chi connectivity index (χ4v) is 3.80. The van der Waals surface area contributed by atoms with Crippen LogP contribution in [0.5, 0.6) is 0 Å². The smallest absolute Gasteiger partial charge is 0.298 e. The van der Waals surface area contributed by atoms with Crippen LogP contribution >= 0.6 is 11.6 Å². The first-order chi connectivity index (χ1) is 13.1. The number of hydrogen-bond acceptors (Lipinski definition) is 3. The molecule has 3 rings (SSSR count). The number of nitrogens with zero attached hydrogens (tertiary/aromatic N) is 4. The van der Waals surface area contributed by atoms with E-state index >= 15 is 0 Å². The molecular formula is C19H23ClF4N4. The molecule has 28 heavy (non-hydrogen) atoms. The van der Waals surface area contributed by atoms with Crippen LogP contribution in [0.1, 0.15) is 28.8 Å². The van der Waals surface area contributed by atoms with Gasteiger partial charge in [-0.25, -0.2) is 4.39 Å². The Hall–Kier alpha value is -1.64. The van der Waals surface area contributed by atoms with Crippen LogP contribution in [0.15, 0.2) is 18.2 Å². The summed E-state index contributed by atoms with van der Waals surface area (Å²) in [5.74, 6) is -1.22. The monoisotopic (exact) mass is 418 g/mol. The van der Waals surface area contributed by atoms with Crippen molar-refractivity contribution in [3.63, 3.8) is 0 Å². The van der Waals surface area contributed by atoms with Gasteiger partial charge in [-0.15, -0.1) is 0 Å². The number of alkyl halides is 3. The molecule has 1 saturated heterocycles. The molecule has 0 saturated carbocycles. The maximum absolute atomic E-state index is 13.8. The average molecular weight is 419 g/mol. The molecule has 2 aromatic rings. The molecule has 1 aromatic carbocycles. The first kappa shape index (κ1) is 21.1. The quantitative estimate of drug-likeness (QED) is 0.694. The van der Waals surface area contributed by atoms with Crippen molar-refractivity contribution >= 4 is 11.6 Å². The summed E-state index contributed by atoms with van der Waals surface area (Å²) in [5, 5.41) is 4.97. The number of hydrogen-bond donors (Lipinski definition) is 0. The molecule has 1 aromatic heterocycles. The second-order valence-electron chi connectivity index (χ2n) is 7.20. The van der Waals surface area contributed by atoms with E-state index in [-0.39, 0.29) is 0 Å². The molecule has 0 atom stereocenters. The largest absolute Gasteiger partial charge is 0.419 e. The van der Waals surface area contributed by atoms with E-state index in [0.29, 0.717) is 23.8 Å². The van der Waals surface area contributed by atoms with Crippen molar-refractivity contribution in [1.82, 2.24) is 19.6 Å². The molecule has 9 heteroatoms. The first-order valence-corrected chi connectivity index (χ1v) is 9.51. The topological polar surface area (TPSA) is 24.3 Å². The summed E-state index contributed by atoms with van der Waals surface area (Å²) < 4.78 is 53.6. The lowest BCUT2D eigenvalue weighted by Gasteiger charge is -2.22. The van der Waals surface area contributed by atoms with Crippen molar-refractivity contribution in [1.29, 1.82) is 0 Å². The summed E-state index contributed by atoms with van der Waals surface area (Å²) in [6, 6.07) is 3.17. The fraction of sp³-hybridized carbons (Fsp3) is 0.526. The normalized spacial score (nSPS) is 17.1. The summed E-state index contributed by atoms with van der Waals surface area (Å²) in [6.45, 7) is 6.32. The highest BCUT2D eigenvalue weighted by Crippen LogP contribution is 2.31. The molecule has 1 aliphatic heterocycles. The van der Waals surface area contributed by atoms with Crippen LogP contribution < -0.4 is 0 Å². The zero-order valence-electron chi connectivity index (χ0n) is 15.9. The Balaban J connectivity index is 1.60. The molecule has 4 nitrogen and oxygen atoms in total. The van der Waals surface area contributed by atoms with Gasteiger partial charge in [-0.2, -0.15) is 18.3 Å². The van der Waals surface area contributed by atoms with Crippen LogP contribution in [0.2, 0.25) is 5.15 Å². The van der Waals surface area contributed by atoms with Gasteiger partial charge in [0.2, 0.25) is 0 Å². The number of rotatable bonds is 4. The third-order valence-electron chi connectivity index (χ3n) is 5.08. The summed E-state index contributed by atoms with van der Waals surface area (Å²) in [5.41, 5.74) is 1.25.